The van der Waals surface area contributed by atoms with Crippen LogP contribution in [-0.4, -0.2) is 48.2 Å². The number of hydrogen-bond acceptors (Lipinski definition) is 5. The first kappa shape index (κ1) is 21.3. The minimum atomic E-state index is -0.449. The molecule has 0 aliphatic carbocycles. The van der Waals surface area contributed by atoms with Crippen LogP contribution >= 0.6 is 0 Å². The summed E-state index contributed by atoms with van der Waals surface area (Å²) in [5, 5.41) is 0. The Morgan fingerprint density at radius 1 is 1.17 bits per heavy atom. The number of likely N-dealkylation sites (tertiary alicyclic amines) is 1. The maximum absolute atomic E-state index is 12.8. The zero-order valence-corrected chi connectivity index (χ0v) is 17.5. The number of para-hydroxylation sites is 1. The van der Waals surface area contributed by atoms with Gasteiger partial charge in [0.05, 0.1) is 18.6 Å². The second-order valence-corrected chi connectivity index (χ2v) is 7.86. The lowest BCUT2D eigenvalue weighted by Crippen LogP contribution is -2.49. The van der Waals surface area contributed by atoms with E-state index in [0.717, 1.165) is 38.1 Å². The quantitative estimate of drug-likeness (QED) is 0.597. The van der Waals surface area contributed by atoms with Crippen LogP contribution in [0.25, 0.3) is 0 Å². The number of hydrogen-bond donors (Lipinski definition) is 0. The SMILES string of the molecule is CCOC(=O)C1(CCOc2ccccc2)CCN([C@H](C)Cc2cccnc2)CC1. The molecule has 0 N–H and O–H groups in total. The molecule has 0 unspecified atom stereocenters. The number of ether oxygens (including phenoxy) is 2. The van der Waals surface area contributed by atoms with E-state index < -0.39 is 5.41 Å². The molecule has 0 spiro atoms. The minimum absolute atomic E-state index is 0.0729. The summed E-state index contributed by atoms with van der Waals surface area (Å²) in [4.78, 5) is 19.5. The lowest BCUT2D eigenvalue weighted by Gasteiger charge is -2.42. The van der Waals surface area contributed by atoms with Crippen molar-refractivity contribution in [1.82, 2.24) is 9.88 Å². The highest BCUT2D eigenvalue weighted by atomic mass is 16.5. The number of carbonyl (C=O) groups is 1. The van der Waals surface area contributed by atoms with Crippen molar-refractivity contribution in [3.8, 4) is 5.75 Å². The van der Waals surface area contributed by atoms with Gasteiger partial charge in [-0.15, -0.1) is 0 Å². The van der Waals surface area contributed by atoms with Crippen molar-refractivity contribution in [1.29, 1.82) is 0 Å². The molecule has 1 atom stereocenters. The number of pyridine rings is 1. The molecule has 1 fully saturated rings. The molecule has 1 aromatic carbocycles. The summed E-state index contributed by atoms with van der Waals surface area (Å²) in [6.07, 6.45) is 7.01. The molecule has 29 heavy (non-hydrogen) atoms. The third-order valence-corrected chi connectivity index (χ3v) is 5.93. The minimum Gasteiger partial charge on any atom is -0.494 e. The van der Waals surface area contributed by atoms with Crippen molar-refractivity contribution in [2.75, 3.05) is 26.3 Å². The van der Waals surface area contributed by atoms with Gasteiger partial charge < -0.3 is 14.4 Å². The summed E-state index contributed by atoms with van der Waals surface area (Å²) < 4.78 is 11.3. The molecule has 1 aromatic heterocycles. The van der Waals surface area contributed by atoms with Crippen LogP contribution in [0.5, 0.6) is 5.75 Å². The van der Waals surface area contributed by atoms with Gasteiger partial charge in [-0.2, -0.15) is 0 Å². The molecule has 2 heterocycles. The van der Waals surface area contributed by atoms with Crippen molar-refractivity contribution in [2.24, 2.45) is 5.41 Å². The first-order chi connectivity index (χ1) is 14.1. The van der Waals surface area contributed by atoms with Gasteiger partial charge in [0.1, 0.15) is 5.75 Å². The summed E-state index contributed by atoms with van der Waals surface area (Å²) in [5.41, 5.74) is 0.800. The van der Waals surface area contributed by atoms with Gasteiger partial charge in [0.2, 0.25) is 0 Å². The molecule has 1 saturated heterocycles. The van der Waals surface area contributed by atoms with Crippen molar-refractivity contribution in [3.05, 3.63) is 60.4 Å². The fourth-order valence-electron chi connectivity index (χ4n) is 4.10. The molecule has 1 aliphatic heterocycles. The Balaban J connectivity index is 1.57. The molecule has 3 rings (SSSR count). The van der Waals surface area contributed by atoms with Crippen LogP contribution in [-0.2, 0) is 16.0 Å². The Morgan fingerprint density at radius 3 is 2.59 bits per heavy atom. The van der Waals surface area contributed by atoms with E-state index in [4.69, 9.17) is 9.47 Å². The van der Waals surface area contributed by atoms with E-state index >= 15 is 0 Å². The number of esters is 1. The van der Waals surface area contributed by atoms with Gasteiger partial charge in [-0.3, -0.25) is 9.78 Å². The summed E-state index contributed by atoms with van der Waals surface area (Å²) >= 11 is 0. The van der Waals surface area contributed by atoms with Crippen LogP contribution in [0.1, 0.15) is 38.7 Å². The number of nitrogens with zero attached hydrogens (tertiary/aromatic N) is 2. The zero-order valence-electron chi connectivity index (χ0n) is 17.5. The predicted octanol–water partition coefficient (Wildman–Crippen LogP) is 4.13. The van der Waals surface area contributed by atoms with Gasteiger partial charge in [-0.1, -0.05) is 24.3 Å². The normalized spacial score (nSPS) is 17.4. The highest BCUT2D eigenvalue weighted by Crippen LogP contribution is 2.37. The molecular weight excluding hydrogens is 364 g/mol. The average molecular weight is 397 g/mol. The first-order valence-corrected chi connectivity index (χ1v) is 10.6. The van der Waals surface area contributed by atoms with Crippen molar-refractivity contribution >= 4 is 5.97 Å². The number of rotatable bonds is 9. The maximum Gasteiger partial charge on any atom is 0.312 e. The number of carbonyl (C=O) groups excluding carboxylic acids is 1. The second-order valence-electron chi connectivity index (χ2n) is 7.86. The van der Waals surface area contributed by atoms with Crippen LogP contribution in [0.3, 0.4) is 0 Å². The Bertz CT molecular complexity index is 743. The first-order valence-electron chi connectivity index (χ1n) is 10.6. The lowest BCUT2D eigenvalue weighted by atomic mass is 9.75. The van der Waals surface area contributed by atoms with Crippen LogP contribution in [0, 0.1) is 5.41 Å². The Kier molecular flexibility index (Phi) is 7.64. The van der Waals surface area contributed by atoms with E-state index in [-0.39, 0.29) is 5.97 Å². The second kappa shape index (κ2) is 10.4. The van der Waals surface area contributed by atoms with E-state index in [1.165, 1.54) is 5.56 Å². The summed E-state index contributed by atoms with van der Waals surface area (Å²) in [6, 6.07) is 14.3. The molecule has 0 bridgehead atoms. The summed E-state index contributed by atoms with van der Waals surface area (Å²) in [5.74, 6) is 0.769. The predicted molar refractivity (Wildman–Crippen MR) is 114 cm³/mol. The van der Waals surface area contributed by atoms with Gasteiger partial charge in [0.15, 0.2) is 0 Å². The van der Waals surface area contributed by atoms with E-state index in [0.29, 0.717) is 25.7 Å². The molecule has 0 radical (unpaired) electrons. The van der Waals surface area contributed by atoms with Crippen molar-refractivity contribution < 1.29 is 14.3 Å². The third kappa shape index (κ3) is 5.80. The molecule has 5 nitrogen and oxygen atoms in total. The monoisotopic (exact) mass is 396 g/mol. The van der Waals surface area contributed by atoms with Gasteiger partial charge in [-0.05, 0) is 76.4 Å². The van der Waals surface area contributed by atoms with E-state index in [1.807, 2.05) is 49.5 Å². The maximum atomic E-state index is 12.8. The number of benzene rings is 1. The average Bonchev–Trinajstić information content (AvgIpc) is 2.76. The zero-order chi connectivity index (χ0) is 20.5. The fraction of sp³-hybridized carbons (Fsp3) is 0.500. The number of aromatic nitrogens is 1. The largest absolute Gasteiger partial charge is 0.494 e. The van der Waals surface area contributed by atoms with Gasteiger partial charge in [0, 0.05) is 18.4 Å². The van der Waals surface area contributed by atoms with Gasteiger partial charge >= 0.3 is 5.97 Å². The Labute approximate surface area is 174 Å². The van der Waals surface area contributed by atoms with Crippen LogP contribution in [0.15, 0.2) is 54.9 Å². The highest BCUT2D eigenvalue weighted by Gasteiger charge is 2.43. The fourth-order valence-corrected chi connectivity index (χ4v) is 4.10. The number of piperidine rings is 1. The van der Waals surface area contributed by atoms with Crippen LogP contribution < -0.4 is 4.74 Å². The van der Waals surface area contributed by atoms with E-state index in [1.54, 1.807) is 6.20 Å². The summed E-state index contributed by atoms with van der Waals surface area (Å²) in [6.45, 7) is 6.85. The lowest BCUT2D eigenvalue weighted by molar-refractivity contribution is -0.160. The highest BCUT2D eigenvalue weighted by molar-refractivity contribution is 5.77. The van der Waals surface area contributed by atoms with Gasteiger partial charge in [-0.25, -0.2) is 0 Å². The molecule has 156 valence electrons. The smallest absolute Gasteiger partial charge is 0.312 e. The van der Waals surface area contributed by atoms with Gasteiger partial charge in [0.25, 0.3) is 0 Å². The van der Waals surface area contributed by atoms with E-state index in [9.17, 15) is 4.79 Å². The summed E-state index contributed by atoms with van der Waals surface area (Å²) in [7, 11) is 0. The van der Waals surface area contributed by atoms with Crippen LogP contribution in [0.2, 0.25) is 0 Å². The molecule has 1 aliphatic rings. The third-order valence-electron chi connectivity index (χ3n) is 5.93. The Hall–Kier alpha value is -2.40. The molecule has 5 heteroatoms. The standard InChI is InChI=1S/C24H32N2O3/c1-3-28-23(27)24(13-17-29-22-9-5-4-6-10-22)11-15-26(16-12-24)20(2)18-21-8-7-14-25-19-21/h4-10,14,19-20H,3,11-13,15-18H2,1-2H3/t20-/m1/s1. The molecule has 2 aromatic rings. The topological polar surface area (TPSA) is 51.7 Å². The van der Waals surface area contributed by atoms with E-state index in [2.05, 4.69) is 22.9 Å². The van der Waals surface area contributed by atoms with Crippen LogP contribution in [0.4, 0.5) is 0 Å². The van der Waals surface area contributed by atoms with Crippen molar-refractivity contribution in [3.63, 3.8) is 0 Å². The molecule has 0 saturated carbocycles. The van der Waals surface area contributed by atoms with Crippen molar-refractivity contribution in [2.45, 2.75) is 45.6 Å². The Morgan fingerprint density at radius 2 is 1.93 bits per heavy atom. The molecular formula is C24H32N2O3. The molecule has 0 amide bonds.